The number of hydrogen-bond donors (Lipinski definition) is 1. The van der Waals surface area contributed by atoms with Gasteiger partial charge < -0.3 is 15.5 Å². The van der Waals surface area contributed by atoms with Gasteiger partial charge in [0.15, 0.2) is 0 Å². The average molecular weight is 295 g/mol. The first kappa shape index (κ1) is 17.9. The van der Waals surface area contributed by atoms with Crippen molar-refractivity contribution >= 4 is 5.69 Å². The summed E-state index contributed by atoms with van der Waals surface area (Å²) in [6.07, 6.45) is 2.63. The van der Waals surface area contributed by atoms with Gasteiger partial charge in [0.05, 0.1) is 5.69 Å². The number of likely N-dealkylation sites (N-methyl/N-ethyl adjacent to an activating group) is 1. The number of halogens is 1. The highest BCUT2D eigenvalue weighted by atomic mass is 19.1. The number of benzene rings is 1. The van der Waals surface area contributed by atoms with E-state index in [4.69, 9.17) is 5.73 Å². The number of anilines is 1. The second-order valence-electron chi connectivity index (χ2n) is 5.91. The first-order valence-electron chi connectivity index (χ1n) is 7.92. The zero-order valence-electron chi connectivity index (χ0n) is 13.9. The Bertz CT molecular complexity index is 420. The highest BCUT2D eigenvalue weighted by Crippen LogP contribution is 2.26. The fourth-order valence-corrected chi connectivity index (χ4v) is 2.43. The number of nitrogens with zero attached hydrogens (tertiary/aromatic N) is 2. The summed E-state index contributed by atoms with van der Waals surface area (Å²) in [6.45, 7) is 6.80. The molecule has 0 amide bonds. The number of para-hydroxylation sites is 1. The van der Waals surface area contributed by atoms with Crippen LogP contribution in [0.25, 0.3) is 0 Å². The van der Waals surface area contributed by atoms with Crippen LogP contribution >= 0.6 is 0 Å². The van der Waals surface area contributed by atoms with Crippen LogP contribution < -0.4 is 10.6 Å². The van der Waals surface area contributed by atoms with Crippen LogP contribution in [0.2, 0.25) is 0 Å². The molecule has 1 aromatic rings. The van der Waals surface area contributed by atoms with E-state index >= 15 is 0 Å². The summed E-state index contributed by atoms with van der Waals surface area (Å²) in [5, 5.41) is 0. The molecule has 1 unspecified atom stereocenters. The fraction of sp³-hybridized carbons (Fsp3) is 0.647. The number of nitrogens with two attached hydrogens (primary N) is 1. The Hall–Kier alpha value is -1.13. The molecule has 0 aliphatic carbocycles. The topological polar surface area (TPSA) is 32.5 Å². The van der Waals surface area contributed by atoms with E-state index in [-0.39, 0.29) is 11.9 Å². The van der Waals surface area contributed by atoms with Crippen LogP contribution in [-0.4, -0.2) is 44.7 Å². The molecule has 0 saturated carbocycles. The lowest BCUT2D eigenvalue weighted by molar-refractivity contribution is 0.411. The van der Waals surface area contributed by atoms with E-state index in [1.54, 1.807) is 12.1 Å². The Morgan fingerprint density at radius 2 is 1.86 bits per heavy atom. The molecule has 1 aromatic carbocycles. The van der Waals surface area contributed by atoms with Crippen molar-refractivity contribution < 1.29 is 4.39 Å². The lowest BCUT2D eigenvalue weighted by Gasteiger charge is -2.29. The molecular formula is C17H30FN3. The Balaban J connectivity index is 3.03. The van der Waals surface area contributed by atoms with Crippen molar-refractivity contribution in [1.82, 2.24) is 4.90 Å². The maximum Gasteiger partial charge on any atom is 0.146 e. The molecule has 0 spiro atoms. The molecule has 0 aromatic heterocycles. The van der Waals surface area contributed by atoms with E-state index in [0.717, 1.165) is 50.1 Å². The quantitative estimate of drug-likeness (QED) is 0.760. The van der Waals surface area contributed by atoms with Gasteiger partial charge in [-0.15, -0.1) is 0 Å². The number of hydrogen-bond acceptors (Lipinski definition) is 3. The minimum atomic E-state index is -0.136. The summed E-state index contributed by atoms with van der Waals surface area (Å²) < 4.78 is 14.4. The molecular weight excluding hydrogens is 265 g/mol. The van der Waals surface area contributed by atoms with Crippen molar-refractivity contribution in [2.24, 2.45) is 5.73 Å². The third kappa shape index (κ3) is 5.64. The predicted octanol–water partition coefficient (Wildman–Crippen LogP) is 2.88. The van der Waals surface area contributed by atoms with Gasteiger partial charge in [-0.25, -0.2) is 4.39 Å². The third-order valence-electron chi connectivity index (χ3n) is 3.70. The van der Waals surface area contributed by atoms with Crippen LogP contribution in [0.3, 0.4) is 0 Å². The summed E-state index contributed by atoms with van der Waals surface area (Å²) >= 11 is 0. The van der Waals surface area contributed by atoms with Gasteiger partial charge in [0.2, 0.25) is 0 Å². The van der Waals surface area contributed by atoms with Crippen LogP contribution in [0, 0.1) is 5.82 Å². The van der Waals surface area contributed by atoms with Crippen LogP contribution in [0.5, 0.6) is 0 Å². The zero-order chi connectivity index (χ0) is 15.8. The summed E-state index contributed by atoms with van der Waals surface area (Å²) in [5.41, 5.74) is 7.84. The van der Waals surface area contributed by atoms with Crippen LogP contribution in [-0.2, 0) is 6.42 Å². The third-order valence-corrected chi connectivity index (χ3v) is 3.70. The van der Waals surface area contributed by atoms with Gasteiger partial charge >= 0.3 is 0 Å². The molecule has 120 valence electrons. The van der Waals surface area contributed by atoms with Gasteiger partial charge in [0.1, 0.15) is 5.82 Å². The Labute approximate surface area is 128 Å². The fourth-order valence-electron chi connectivity index (χ4n) is 2.43. The molecule has 2 N–H and O–H groups in total. The SMILES string of the molecule is CCCN(CCN(C)C)c1c(F)cccc1CC(N)CC. The molecule has 0 aliphatic rings. The summed E-state index contributed by atoms with van der Waals surface area (Å²) in [6, 6.07) is 5.43. The van der Waals surface area contributed by atoms with E-state index in [1.807, 2.05) is 20.2 Å². The molecule has 0 heterocycles. The average Bonchev–Trinajstić information content (AvgIpc) is 2.44. The standard InChI is InChI=1S/C17H30FN3/c1-5-10-21(12-11-20(3)4)17-14(13-15(19)6-2)8-7-9-16(17)18/h7-9,15H,5-6,10-13,19H2,1-4H3. The molecule has 0 bridgehead atoms. The van der Waals surface area contributed by atoms with E-state index in [1.165, 1.54) is 0 Å². The highest BCUT2D eigenvalue weighted by Gasteiger charge is 2.17. The van der Waals surface area contributed by atoms with Crippen molar-refractivity contribution in [2.45, 2.75) is 39.2 Å². The molecule has 4 heteroatoms. The van der Waals surface area contributed by atoms with Gasteiger partial charge in [0.25, 0.3) is 0 Å². The second-order valence-corrected chi connectivity index (χ2v) is 5.91. The highest BCUT2D eigenvalue weighted by molar-refractivity contribution is 5.55. The molecule has 1 rings (SSSR count). The lowest BCUT2D eigenvalue weighted by Crippen LogP contribution is -2.34. The van der Waals surface area contributed by atoms with Crippen molar-refractivity contribution in [3.8, 4) is 0 Å². The Morgan fingerprint density at radius 3 is 2.43 bits per heavy atom. The number of rotatable bonds is 9. The Kier molecular flexibility index (Phi) is 7.68. The van der Waals surface area contributed by atoms with Gasteiger partial charge in [-0.1, -0.05) is 26.0 Å². The maximum absolute atomic E-state index is 14.4. The second kappa shape index (κ2) is 9.00. The summed E-state index contributed by atoms with van der Waals surface area (Å²) in [4.78, 5) is 4.29. The van der Waals surface area contributed by atoms with Gasteiger partial charge in [-0.3, -0.25) is 0 Å². The van der Waals surface area contributed by atoms with Gasteiger partial charge in [-0.05, 0) is 45.0 Å². The Morgan fingerprint density at radius 1 is 1.14 bits per heavy atom. The molecule has 21 heavy (non-hydrogen) atoms. The molecule has 0 saturated heterocycles. The molecule has 0 aliphatic heterocycles. The largest absolute Gasteiger partial charge is 0.368 e. The van der Waals surface area contributed by atoms with Crippen molar-refractivity contribution in [3.63, 3.8) is 0 Å². The van der Waals surface area contributed by atoms with Crippen LogP contribution in [0.1, 0.15) is 32.3 Å². The monoisotopic (exact) mass is 295 g/mol. The lowest BCUT2D eigenvalue weighted by atomic mass is 10.0. The van der Waals surface area contributed by atoms with Crippen LogP contribution in [0.15, 0.2) is 18.2 Å². The molecule has 1 atom stereocenters. The smallest absolute Gasteiger partial charge is 0.146 e. The van der Waals surface area contributed by atoms with E-state index < -0.39 is 0 Å². The van der Waals surface area contributed by atoms with Crippen LogP contribution in [0.4, 0.5) is 10.1 Å². The molecule has 0 radical (unpaired) electrons. The van der Waals surface area contributed by atoms with E-state index in [0.29, 0.717) is 0 Å². The van der Waals surface area contributed by atoms with Crippen molar-refractivity contribution in [2.75, 3.05) is 38.6 Å². The first-order chi connectivity index (χ1) is 9.99. The van der Waals surface area contributed by atoms with Crippen molar-refractivity contribution in [3.05, 3.63) is 29.6 Å². The predicted molar refractivity (Wildman–Crippen MR) is 89.4 cm³/mol. The van der Waals surface area contributed by atoms with Gasteiger partial charge in [0, 0.05) is 25.7 Å². The maximum atomic E-state index is 14.4. The normalized spacial score (nSPS) is 12.7. The van der Waals surface area contributed by atoms with Crippen molar-refractivity contribution in [1.29, 1.82) is 0 Å². The van der Waals surface area contributed by atoms with Gasteiger partial charge in [-0.2, -0.15) is 0 Å². The minimum Gasteiger partial charge on any atom is -0.368 e. The van der Waals surface area contributed by atoms with E-state index in [2.05, 4.69) is 23.6 Å². The summed E-state index contributed by atoms with van der Waals surface area (Å²) in [5.74, 6) is -0.136. The first-order valence-corrected chi connectivity index (χ1v) is 7.92. The molecule has 3 nitrogen and oxygen atoms in total. The zero-order valence-corrected chi connectivity index (χ0v) is 13.9. The minimum absolute atomic E-state index is 0.0860. The summed E-state index contributed by atoms with van der Waals surface area (Å²) in [7, 11) is 4.08. The van der Waals surface area contributed by atoms with E-state index in [9.17, 15) is 4.39 Å². The molecule has 0 fully saturated rings.